The molecule has 1 aromatic carbocycles. The fourth-order valence-corrected chi connectivity index (χ4v) is 1.56. The van der Waals surface area contributed by atoms with E-state index in [0.29, 0.717) is 5.69 Å². The number of aliphatic imine (C=N–C) groups is 1. The largest absolute Gasteiger partial charge is 0.861 e. The van der Waals surface area contributed by atoms with Crippen molar-refractivity contribution in [2.24, 2.45) is 17.5 Å². The Balaban J connectivity index is 2.51. The van der Waals surface area contributed by atoms with Gasteiger partial charge in [0.05, 0.1) is 5.56 Å². The summed E-state index contributed by atoms with van der Waals surface area (Å²) in [6.07, 6.45) is 0. The second kappa shape index (κ2) is 4.84. The first kappa shape index (κ1) is 13.3. The van der Waals surface area contributed by atoms with Crippen LogP contribution in [0.5, 0.6) is 0 Å². The van der Waals surface area contributed by atoms with Crippen LogP contribution in [0.2, 0.25) is 0 Å². The maximum atomic E-state index is 12.0. The van der Waals surface area contributed by atoms with Crippen molar-refractivity contribution in [1.82, 2.24) is 5.27 Å². The van der Waals surface area contributed by atoms with E-state index in [0.717, 1.165) is 5.56 Å². The van der Waals surface area contributed by atoms with Gasteiger partial charge >= 0.3 is 11.6 Å². The molecular weight excluding hydrogens is 242 g/mol. The highest BCUT2D eigenvalue weighted by Gasteiger charge is 2.23. The van der Waals surface area contributed by atoms with Crippen LogP contribution in [0.3, 0.4) is 0 Å². The molecule has 0 bridgehead atoms. The summed E-state index contributed by atoms with van der Waals surface area (Å²) in [6.45, 7) is 5.45. The lowest BCUT2D eigenvalue weighted by Gasteiger charge is -2.24. The number of aromatic nitrogens is 2. The summed E-state index contributed by atoms with van der Waals surface area (Å²) in [5.74, 6) is 0.00931. The molecule has 0 radical (unpaired) electrons. The minimum atomic E-state index is -0.542. The number of aryl methyl sites for hydroxylation is 1. The molecule has 0 unspecified atom stereocenters. The van der Waals surface area contributed by atoms with E-state index in [1.54, 1.807) is 11.7 Å². The van der Waals surface area contributed by atoms with E-state index in [9.17, 15) is 5.11 Å². The Hall–Kier alpha value is -2.17. The molecular formula is C14H17N3O2. The molecule has 19 heavy (non-hydrogen) atoms. The van der Waals surface area contributed by atoms with Crippen LogP contribution in [0, 0.1) is 5.41 Å². The molecule has 2 aromatic rings. The Morgan fingerprint density at radius 1 is 1.26 bits per heavy atom. The summed E-state index contributed by atoms with van der Waals surface area (Å²) in [5.41, 5.74) is 1.06. The SMILES string of the molecule is C[n+]1noc(/N=C(\[O-])C(C)(C)C)c1-c1ccccc1. The van der Waals surface area contributed by atoms with Gasteiger partial charge in [0.25, 0.3) is 0 Å². The third-order valence-electron chi connectivity index (χ3n) is 2.67. The molecule has 0 atom stereocenters. The highest BCUT2D eigenvalue weighted by Crippen LogP contribution is 2.27. The van der Waals surface area contributed by atoms with Gasteiger partial charge in [-0.2, -0.15) is 0 Å². The average Bonchev–Trinajstić information content (AvgIpc) is 2.70. The Morgan fingerprint density at radius 2 is 1.89 bits per heavy atom. The molecule has 0 amide bonds. The third-order valence-corrected chi connectivity index (χ3v) is 2.67. The maximum Gasteiger partial charge on any atom is 0.328 e. The first-order chi connectivity index (χ1) is 8.89. The quantitative estimate of drug-likeness (QED) is 0.467. The number of hydrogen-bond acceptors (Lipinski definition) is 4. The van der Waals surface area contributed by atoms with Crippen molar-refractivity contribution >= 4 is 11.8 Å². The number of nitrogens with zero attached hydrogens (tertiary/aromatic N) is 3. The zero-order valence-corrected chi connectivity index (χ0v) is 11.5. The minimum Gasteiger partial charge on any atom is -0.861 e. The molecule has 0 aliphatic carbocycles. The summed E-state index contributed by atoms with van der Waals surface area (Å²) in [7, 11) is 1.76. The van der Waals surface area contributed by atoms with Gasteiger partial charge in [0, 0.05) is 0 Å². The van der Waals surface area contributed by atoms with Crippen molar-refractivity contribution in [3.05, 3.63) is 30.3 Å². The fourth-order valence-electron chi connectivity index (χ4n) is 1.56. The van der Waals surface area contributed by atoms with Crippen LogP contribution in [-0.4, -0.2) is 11.2 Å². The molecule has 1 heterocycles. The van der Waals surface area contributed by atoms with Gasteiger partial charge in [-0.1, -0.05) is 39.0 Å². The van der Waals surface area contributed by atoms with Crippen LogP contribution in [0.4, 0.5) is 5.88 Å². The van der Waals surface area contributed by atoms with Crippen molar-refractivity contribution < 1.29 is 14.3 Å². The molecule has 0 spiro atoms. The predicted molar refractivity (Wildman–Crippen MR) is 69.7 cm³/mol. The molecule has 5 heteroatoms. The molecule has 0 saturated carbocycles. The molecule has 0 N–H and O–H groups in total. The van der Waals surface area contributed by atoms with E-state index in [1.165, 1.54) is 0 Å². The van der Waals surface area contributed by atoms with Crippen molar-refractivity contribution in [3.8, 4) is 11.3 Å². The summed E-state index contributed by atoms with van der Waals surface area (Å²) >= 11 is 0. The number of hydrogen-bond donors (Lipinski definition) is 0. The van der Waals surface area contributed by atoms with Gasteiger partial charge in [-0.3, -0.25) is 4.52 Å². The lowest BCUT2D eigenvalue weighted by atomic mass is 9.97. The normalized spacial score (nSPS) is 12.7. The Bertz CT molecular complexity index is 595. The summed E-state index contributed by atoms with van der Waals surface area (Å²) < 4.78 is 6.71. The Kier molecular flexibility index (Phi) is 3.38. The van der Waals surface area contributed by atoms with Crippen molar-refractivity contribution in [3.63, 3.8) is 0 Å². The predicted octanol–water partition coefficient (Wildman–Crippen LogP) is 1.60. The van der Waals surface area contributed by atoms with Crippen LogP contribution >= 0.6 is 0 Å². The monoisotopic (exact) mass is 259 g/mol. The van der Waals surface area contributed by atoms with E-state index in [4.69, 9.17) is 4.52 Å². The lowest BCUT2D eigenvalue weighted by Crippen LogP contribution is -2.33. The molecule has 100 valence electrons. The van der Waals surface area contributed by atoms with E-state index in [2.05, 4.69) is 10.3 Å². The third kappa shape index (κ3) is 2.81. The highest BCUT2D eigenvalue weighted by atomic mass is 16.5. The van der Waals surface area contributed by atoms with Crippen LogP contribution in [0.15, 0.2) is 39.8 Å². The van der Waals surface area contributed by atoms with Gasteiger partial charge in [0.2, 0.25) is 5.27 Å². The molecule has 2 rings (SSSR count). The van der Waals surface area contributed by atoms with Crippen LogP contribution in [0.1, 0.15) is 20.8 Å². The van der Waals surface area contributed by atoms with E-state index in [1.807, 2.05) is 51.1 Å². The summed E-state index contributed by atoms with van der Waals surface area (Å²) in [6, 6.07) is 9.60. The van der Waals surface area contributed by atoms with Crippen molar-refractivity contribution in [2.45, 2.75) is 20.8 Å². The molecule has 1 aromatic heterocycles. The van der Waals surface area contributed by atoms with Crippen molar-refractivity contribution in [2.75, 3.05) is 0 Å². The average molecular weight is 259 g/mol. The molecule has 0 saturated heterocycles. The molecule has 0 aliphatic rings. The second-order valence-electron chi connectivity index (χ2n) is 5.38. The minimum absolute atomic E-state index is 0.235. The van der Waals surface area contributed by atoms with E-state index >= 15 is 0 Å². The fraction of sp³-hybridized carbons (Fsp3) is 0.357. The standard InChI is InChI=1S/C14H17N3O2/c1-14(2,3)13(18)15-12-11(17(4)16-19-12)10-8-6-5-7-9-10/h5-9H,1-4H3. The number of benzene rings is 1. The highest BCUT2D eigenvalue weighted by molar-refractivity contribution is 5.81. The lowest BCUT2D eigenvalue weighted by molar-refractivity contribution is -0.730. The zero-order chi connectivity index (χ0) is 14.0. The number of rotatable bonds is 2. The second-order valence-corrected chi connectivity index (χ2v) is 5.38. The van der Waals surface area contributed by atoms with E-state index < -0.39 is 5.41 Å². The topological polar surface area (TPSA) is 65.3 Å². The molecule has 5 nitrogen and oxygen atoms in total. The molecule has 0 aliphatic heterocycles. The molecule has 0 fully saturated rings. The van der Waals surface area contributed by atoms with Crippen LogP contribution in [-0.2, 0) is 7.05 Å². The Morgan fingerprint density at radius 3 is 2.47 bits per heavy atom. The van der Waals surface area contributed by atoms with Gasteiger partial charge in [0.1, 0.15) is 0 Å². The van der Waals surface area contributed by atoms with Gasteiger partial charge in [-0.05, 0) is 28.1 Å². The van der Waals surface area contributed by atoms with Gasteiger partial charge in [-0.15, -0.1) is 0 Å². The first-order valence-electron chi connectivity index (χ1n) is 6.07. The van der Waals surface area contributed by atoms with Gasteiger partial charge in [0.15, 0.2) is 7.05 Å². The maximum absolute atomic E-state index is 12.0. The Labute approximate surface area is 112 Å². The van der Waals surface area contributed by atoms with Gasteiger partial charge < -0.3 is 5.11 Å². The van der Waals surface area contributed by atoms with Crippen LogP contribution in [0.25, 0.3) is 11.3 Å². The van der Waals surface area contributed by atoms with E-state index in [-0.39, 0.29) is 11.8 Å². The van der Waals surface area contributed by atoms with Gasteiger partial charge in [-0.25, -0.2) is 4.99 Å². The smallest absolute Gasteiger partial charge is 0.328 e. The van der Waals surface area contributed by atoms with Crippen LogP contribution < -0.4 is 9.79 Å². The first-order valence-corrected chi connectivity index (χ1v) is 6.07. The summed E-state index contributed by atoms with van der Waals surface area (Å²) in [5, 5.41) is 15.8. The summed E-state index contributed by atoms with van der Waals surface area (Å²) in [4.78, 5) is 4.04. The van der Waals surface area contributed by atoms with Crippen molar-refractivity contribution in [1.29, 1.82) is 0 Å². The zero-order valence-electron chi connectivity index (χ0n) is 11.5.